The van der Waals surface area contributed by atoms with Crippen molar-refractivity contribution in [3.05, 3.63) is 71.2 Å². The number of benzene rings is 2. The minimum atomic E-state index is -0.384. The summed E-state index contributed by atoms with van der Waals surface area (Å²) < 4.78 is 16.5. The maximum absolute atomic E-state index is 14.6. The van der Waals surface area contributed by atoms with E-state index in [0.717, 1.165) is 31.2 Å². The van der Waals surface area contributed by atoms with E-state index in [1.807, 2.05) is 22.8 Å². The molecule has 3 aromatic rings. The lowest BCUT2D eigenvalue weighted by Crippen LogP contribution is -2.36. The van der Waals surface area contributed by atoms with Crippen molar-refractivity contribution in [2.24, 2.45) is 0 Å². The molecular weight excluding hydrogens is 353 g/mol. The van der Waals surface area contributed by atoms with Crippen LogP contribution in [0.5, 0.6) is 0 Å². The van der Waals surface area contributed by atoms with Gasteiger partial charge in [-0.25, -0.2) is 4.39 Å². The third kappa shape index (κ3) is 3.63. The van der Waals surface area contributed by atoms with Crippen LogP contribution in [0.15, 0.2) is 48.7 Å². The van der Waals surface area contributed by atoms with Crippen molar-refractivity contribution in [1.82, 2.24) is 9.88 Å². The van der Waals surface area contributed by atoms with Gasteiger partial charge in [-0.1, -0.05) is 37.5 Å². The van der Waals surface area contributed by atoms with Gasteiger partial charge in [0.25, 0.3) is 5.91 Å². The number of carbonyl (C=O) groups excluding carboxylic acids is 1. The van der Waals surface area contributed by atoms with Crippen LogP contribution >= 0.6 is 0 Å². The Morgan fingerprint density at radius 2 is 1.89 bits per heavy atom. The van der Waals surface area contributed by atoms with Gasteiger partial charge >= 0.3 is 0 Å². The van der Waals surface area contributed by atoms with Crippen LogP contribution in [0.3, 0.4) is 0 Å². The highest BCUT2D eigenvalue weighted by molar-refractivity contribution is 6.07. The summed E-state index contributed by atoms with van der Waals surface area (Å²) in [7, 11) is 0. The van der Waals surface area contributed by atoms with Gasteiger partial charge in [0.15, 0.2) is 0 Å². The molecule has 4 rings (SSSR count). The second-order valence-electron chi connectivity index (χ2n) is 7.42. The van der Waals surface area contributed by atoms with E-state index >= 15 is 0 Å². The molecule has 0 aliphatic heterocycles. The average molecular weight is 375 g/mol. The molecule has 5 heteroatoms. The Bertz CT molecular complexity index is 1040. The molecule has 1 heterocycles. The first-order valence-corrected chi connectivity index (χ1v) is 9.73. The van der Waals surface area contributed by atoms with Crippen LogP contribution in [0.4, 0.5) is 4.39 Å². The molecule has 0 bridgehead atoms. The monoisotopic (exact) mass is 375 g/mol. The summed E-state index contributed by atoms with van der Waals surface area (Å²) in [5, 5.41) is 12.4. The molecule has 142 valence electrons. The van der Waals surface area contributed by atoms with Crippen molar-refractivity contribution < 1.29 is 9.18 Å². The molecule has 1 N–H and O–H groups in total. The summed E-state index contributed by atoms with van der Waals surface area (Å²) in [5.41, 5.74) is 2.66. The summed E-state index contributed by atoms with van der Waals surface area (Å²) in [6, 6.07) is 14.4. The Morgan fingerprint density at radius 1 is 1.14 bits per heavy atom. The molecule has 1 aliphatic rings. The molecule has 1 aliphatic carbocycles. The van der Waals surface area contributed by atoms with Crippen LogP contribution in [0, 0.1) is 17.1 Å². The molecule has 0 radical (unpaired) electrons. The first-order chi connectivity index (χ1) is 13.7. The molecule has 4 nitrogen and oxygen atoms in total. The predicted molar refractivity (Wildman–Crippen MR) is 106 cm³/mol. The Hall–Kier alpha value is -3.13. The number of amides is 1. The number of fused-ring (bicyclic) bond motifs is 1. The maximum atomic E-state index is 14.6. The Kier molecular flexibility index (Phi) is 5.12. The second kappa shape index (κ2) is 7.85. The van der Waals surface area contributed by atoms with Gasteiger partial charge in [0, 0.05) is 24.2 Å². The van der Waals surface area contributed by atoms with Gasteiger partial charge in [-0.2, -0.15) is 5.26 Å². The summed E-state index contributed by atoms with van der Waals surface area (Å²) in [6.07, 6.45) is 7.17. The fourth-order valence-corrected chi connectivity index (χ4v) is 4.00. The zero-order chi connectivity index (χ0) is 19.5. The number of hydrogen-bond donors (Lipinski definition) is 1. The number of halogens is 1. The van der Waals surface area contributed by atoms with Crippen molar-refractivity contribution in [2.45, 2.75) is 44.7 Å². The molecule has 1 fully saturated rings. The zero-order valence-corrected chi connectivity index (χ0v) is 15.6. The van der Waals surface area contributed by atoms with Crippen molar-refractivity contribution in [3.8, 4) is 6.07 Å². The molecule has 0 saturated heterocycles. The van der Waals surface area contributed by atoms with Crippen LogP contribution in [-0.2, 0) is 6.54 Å². The highest BCUT2D eigenvalue weighted by atomic mass is 19.1. The average Bonchev–Trinajstić information content (AvgIpc) is 3.09. The van der Waals surface area contributed by atoms with Crippen LogP contribution < -0.4 is 5.32 Å². The third-order valence-electron chi connectivity index (χ3n) is 5.48. The van der Waals surface area contributed by atoms with Crippen LogP contribution in [0.25, 0.3) is 10.9 Å². The van der Waals surface area contributed by atoms with Crippen molar-refractivity contribution in [3.63, 3.8) is 0 Å². The predicted octanol–water partition coefficient (Wildman–Crippen LogP) is 4.76. The summed E-state index contributed by atoms with van der Waals surface area (Å²) in [6.45, 7) is 0.502. The SMILES string of the molecule is N#Cc1ccc(Cn2cc(C(=O)NC3CCCCC3)c3c(F)cccc32)cc1. The van der Waals surface area contributed by atoms with E-state index in [9.17, 15) is 9.18 Å². The Morgan fingerprint density at radius 3 is 2.61 bits per heavy atom. The normalized spacial score (nSPS) is 14.7. The summed E-state index contributed by atoms with van der Waals surface area (Å²) >= 11 is 0. The lowest BCUT2D eigenvalue weighted by atomic mass is 9.95. The minimum absolute atomic E-state index is 0.171. The number of nitrogens with one attached hydrogen (secondary N) is 1. The minimum Gasteiger partial charge on any atom is -0.349 e. The zero-order valence-electron chi connectivity index (χ0n) is 15.6. The topological polar surface area (TPSA) is 57.8 Å². The van der Waals surface area contributed by atoms with E-state index in [0.29, 0.717) is 28.6 Å². The number of carbonyl (C=O) groups is 1. The third-order valence-corrected chi connectivity index (χ3v) is 5.48. The molecule has 0 spiro atoms. The quantitative estimate of drug-likeness (QED) is 0.714. The van der Waals surface area contributed by atoms with E-state index < -0.39 is 0 Å². The molecule has 0 atom stereocenters. The molecule has 1 amide bonds. The van der Waals surface area contributed by atoms with Crippen molar-refractivity contribution in [1.29, 1.82) is 5.26 Å². The maximum Gasteiger partial charge on any atom is 0.253 e. The first-order valence-electron chi connectivity index (χ1n) is 9.73. The van der Waals surface area contributed by atoms with Crippen LogP contribution in [-0.4, -0.2) is 16.5 Å². The van der Waals surface area contributed by atoms with Gasteiger partial charge in [0.2, 0.25) is 0 Å². The molecular formula is C23H22FN3O. The fourth-order valence-electron chi connectivity index (χ4n) is 4.00. The lowest BCUT2D eigenvalue weighted by Gasteiger charge is -2.22. The number of nitrogens with zero attached hydrogens (tertiary/aromatic N) is 2. The molecule has 0 unspecified atom stereocenters. The summed E-state index contributed by atoms with van der Waals surface area (Å²) in [4.78, 5) is 12.9. The molecule has 1 aromatic heterocycles. The standard InChI is InChI=1S/C23H22FN3O/c24-20-7-4-8-21-22(20)19(23(28)26-18-5-2-1-3-6-18)15-27(21)14-17-11-9-16(13-25)10-12-17/h4,7-12,15,18H,1-3,5-6,14H2,(H,26,28). The van der Waals surface area contributed by atoms with Gasteiger partial charge < -0.3 is 9.88 Å². The van der Waals surface area contributed by atoms with Gasteiger partial charge in [-0.3, -0.25) is 4.79 Å². The van der Waals surface area contributed by atoms with E-state index in [1.54, 1.807) is 24.4 Å². The van der Waals surface area contributed by atoms with Gasteiger partial charge in [-0.15, -0.1) is 0 Å². The fraction of sp³-hybridized carbons (Fsp3) is 0.304. The van der Waals surface area contributed by atoms with Gasteiger partial charge in [0.1, 0.15) is 5.82 Å². The number of rotatable bonds is 4. The molecule has 28 heavy (non-hydrogen) atoms. The highest BCUT2D eigenvalue weighted by Gasteiger charge is 2.22. The van der Waals surface area contributed by atoms with Crippen molar-refractivity contribution >= 4 is 16.8 Å². The molecule has 1 saturated carbocycles. The smallest absolute Gasteiger partial charge is 0.253 e. The van der Waals surface area contributed by atoms with E-state index in [-0.39, 0.29) is 17.8 Å². The molecule has 2 aromatic carbocycles. The van der Waals surface area contributed by atoms with Crippen molar-refractivity contribution in [2.75, 3.05) is 0 Å². The Balaban J connectivity index is 1.66. The number of nitriles is 1. The van der Waals surface area contributed by atoms with Gasteiger partial charge in [-0.05, 0) is 42.7 Å². The summed E-state index contributed by atoms with van der Waals surface area (Å²) in [5.74, 6) is -0.592. The van der Waals surface area contributed by atoms with E-state index in [4.69, 9.17) is 5.26 Å². The largest absolute Gasteiger partial charge is 0.349 e. The number of aromatic nitrogens is 1. The van der Waals surface area contributed by atoms with Crippen LogP contribution in [0.2, 0.25) is 0 Å². The first kappa shape index (κ1) is 18.2. The second-order valence-corrected chi connectivity index (χ2v) is 7.42. The number of hydrogen-bond acceptors (Lipinski definition) is 2. The van der Waals surface area contributed by atoms with Crippen LogP contribution in [0.1, 0.15) is 53.6 Å². The lowest BCUT2D eigenvalue weighted by molar-refractivity contribution is 0.0929. The van der Waals surface area contributed by atoms with E-state index in [1.165, 1.54) is 12.5 Å². The van der Waals surface area contributed by atoms with Gasteiger partial charge in [0.05, 0.1) is 22.7 Å². The van der Waals surface area contributed by atoms with E-state index in [2.05, 4.69) is 11.4 Å². The highest BCUT2D eigenvalue weighted by Crippen LogP contribution is 2.26. The Labute approximate surface area is 163 Å².